The van der Waals surface area contributed by atoms with Crippen molar-refractivity contribution in [2.45, 2.75) is 82.0 Å². The summed E-state index contributed by atoms with van der Waals surface area (Å²) in [7, 11) is 1.32. The molecule has 3 saturated heterocycles. The number of carbonyl (C=O) groups is 3. The van der Waals surface area contributed by atoms with Crippen LogP contribution in [0.15, 0.2) is 60.8 Å². The van der Waals surface area contributed by atoms with Crippen molar-refractivity contribution in [3.63, 3.8) is 0 Å². The van der Waals surface area contributed by atoms with E-state index in [0.717, 1.165) is 90.0 Å². The summed E-state index contributed by atoms with van der Waals surface area (Å²) in [5, 5.41) is 12.8. The van der Waals surface area contributed by atoms with Crippen molar-refractivity contribution >= 4 is 29.1 Å². The second-order valence-corrected chi connectivity index (χ2v) is 16.4. The summed E-state index contributed by atoms with van der Waals surface area (Å²) in [4.78, 5) is 58.6. The monoisotopic (exact) mass is 769 g/mol. The summed E-state index contributed by atoms with van der Waals surface area (Å²) in [6.07, 6.45) is 8.21. The van der Waals surface area contributed by atoms with Gasteiger partial charge < -0.3 is 34.8 Å². The molecule has 2 bridgehead atoms. The van der Waals surface area contributed by atoms with E-state index in [9.17, 15) is 19.5 Å². The van der Waals surface area contributed by atoms with Crippen LogP contribution < -0.4 is 5.32 Å². The Hall–Kier alpha value is -5.69. The van der Waals surface area contributed by atoms with Crippen LogP contribution in [0, 0.1) is 11.8 Å². The van der Waals surface area contributed by atoms with Crippen molar-refractivity contribution in [2.24, 2.45) is 11.8 Å². The van der Waals surface area contributed by atoms with Crippen LogP contribution in [0.2, 0.25) is 0 Å². The Morgan fingerprint density at radius 2 is 1.63 bits per heavy atom. The minimum atomic E-state index is -0.857. The molecule has 0 radical (unpaired) electrons. The van der Waals surface area contributed by atoms with Gasteiger partial charge in [0.2, 0.25) is 5.91 Å². The maximum Gasteiger partial charge on any atom is 0.408 e. The first-order valence-corrected chi connectivity index (χ1v) is 20.4. The van der Waals surface area contributed by atoms with Gasteiger partial charge in [0.05, 0.1) is 42.1 Å². The number of fused-ring (bicyclic) bond motifs is 6. The summed E-state index contributed by atoms with van der Waals surface area (Å²) < 4.78 is 10.4. The Morgan fingerprint density at radius 1 is 0.895 bits per heavy atom. The second-order valence-electron chi connectivity index (χ2n) is 16.4. The van der Waals surface area contributed by atoms with Crippen molar-refractivity contribution in [3.05, 3.63) is 83.6 Å². The van der Waals surface area contributed by atoms with Gasteiger partial charge in [-0.1, -0.05) is 36.4 Å². The summed E-state index contributed by atoms with van der Waals surface area (Å²) >= 11 is 0. The van der Waals surface area contributed by atoms with Crippen LogP contribution in [0.3, 0.4) is 0 Å². The van der Waals surface area contributed by atoms with E-state index in [1.807, 2.05) is 17.2 Å². The van der Waals surface area contributed by atoms with Gasteiger partial charge in [-0.2, -0.15) is 0 Å². The molecule has 0 spiro atoms. The molecule has 13 nitrogen and oxygen atoms in total. The number of imidazole rings is 2. The predicted octanol–water partition coefficient (Wildman–Crippen LogP) is 7.40. The molecule has 57 heavy (non-hydrogen) atoms. The van der Waals surface area contributed by atoms with E-state index in [1.165, 1.54) is 29.4 Å². The van der Waals surface area contributed by atoms with Crippen molar-refractivity contribution < 1.29 is 29.0 Å². The number of rotatable bonds is 7. The highest BCUT2D eigenvalue weighted by atomic mass is 16.5. The number of carbonyl (C=O) groups excluding carboxylic acids is 2. The average molecular weight is 770 g/mol. The smallest absolute Gasteiger partial charge is 0.408 e. The number of methoxy groups -OCH3 is 1. The predicted molar refractivity (Wildman–Crippen MR) is 212 cm³/mol. The maximum atomic E-state index is 14.0. The molecule has 13 heteroatoms. The first-order chi connectivity index (χ1) is 27.8. The number of aromatic amines is 2. The number of carboxylic acid groups (broad SMARTS) is 1. The topological polar surface area (TPSA) is 166 Å². The average Bonchev–Trinajstić information content (AvgIpc) is 4.10. The molecule has 3 aromatic carbocycles. The van der Waals surface area contributed by atoms with Gasteiger partial charge in [0, 0.05) is 25.8 Å². The fourth-order valence-corrected chi connectivity index (χ4v) is 10.5. The van der Waals surface area contributed by atoms with Gasteiger partial charge in [-0.3, -0.25) is 9.69 Å². The van der Waals surface area contributed by atoms with Gasteiger partial charge in [0.15, 0.2) is 0 Å². The molecule has 3 amide bonds. The lowest BCUT2D eigenvalue weighted by Crippen LogP contribution is -2.53. The van der Waals surface area contributed by atoms with Crippen LogP contribution in [-0.4, -0.2) is 91.9 Å². The van der Waals surface area contributed by atoms with Crippen LogP contribution in [0.4, 0.5) is 9.59 Å². The number of benzene rings is 3. The Morgan fingerprint density at radius 3 is 2.40 bits per heavy atom. The van der Waals surface area contributed by atoms with Crippen LogP contribution in [0.25, 0.3) is 44.5 Å². The summed E-state index contributed by atoms with van der Waals surface area (Å²) in [6, 6.07) is 18.6. The number of piperidine rings is 1. The minimum absolute atomic E-state index is 0.0163. The van der Waals surface area contributed by atoms with E-state index in [4.69, 9.17) is 19.4 Å². The first kappa shape index (κ1) is 35.7. The molecule has 1 saturated carbocycles. The molecule has 5 atom stereocenters. The van der Waals surface area contributed by atoms with Gasteiger partial charge in [-0.05, 0) is 127 Å². The molecule has 10 rings (SSSR count). The minimum Gasteiger partial charge on any atom is -0.465 e. The SMILES string of the molecule is COC(=O)N[C@H](C(=O)N1CCC[C@H]1c1ncc(-c2ccc3c(c2)CCc2cc(-c4ccc5nc([C@@H]6C7CCC(C7)N6C(=O)O)[nH]c5c4)ccc2-3)[nH]1)C1CCOCC1. The lowest BCUT2D eigenvalue weighted by Gasteiger charge is -2.34. The number of ether oxygens (including phenoxy) is 2. The van der Waals surface area contributed by atoms with Crippen molar-refractivity contribution in [2.75, 3.05) is 26.9 Å². The third-order valence-corrected chi connectivity index (χ3v) is 13.3. The maximum absolute atomic E-state index is 14.0. The quantitative estimate of drug-likeness (QED) is 0.133. The number of nitrogens with one attached hydrogen (secondary N) is 3. The van der Waals surface area contributed by atoms with Gasteiger partial charge >= 0.3 is 12.2 Å². The zero-order valence-corrected chi connectivity index (χ0v) is 32.0. The molecule has 2 unspecified atom stereocenters. The number of hydrogen-bond donors (Lipinski definition) is 4. The van der Waals surface area contributed by atoms with Gasteiger partial charge in [0.25, 0.3) is 0 Å². The Kier molecular flexibility index (Phi) is 8.99. The highest BCUT2D eigenvalue weighted by Crippen LogP contribution is 2.50. The number of H-pyrrole nitrogens is 2. The molecular formula is C44H47N7O6. The fraction of sp³-hybridized carbons (Fsp3) is 0.432. The molecule has 4 N–H and O–H groups in total. The molecule has 5 heterocycles. The van der Waals surface area contributed by atoms with Crippen LogP contribution in [0.1, 0.15) is 79.8 Å². The summed E-state index contributed by atoms with van der Waals surface area (Å²) in [6.45, 7) is 1.74. The lowest BCUT2D eigenvalue weighted by atomic mass is 9.83. The van der Waals surface area contributed by atoms with Crippen molar-refractivity contribution in [3.8, 4) is 33.5 Å². The third kappa shape index (κ3) is 6.32. The van der Waals surface area contributed by atoms with E-state index in [1.54, 1.807) is 4.90 Å². The molecule has 2 aliphatic carbocycles. The third-order valence-electron chi connectivity index (χ3n) is 13.3. The van der Waals surface area contributed by atoms with Gasteiger partial charge in [-0.25, -0.2) is 19.6 Å². The number of aryl methyl sites for hydroxylation is 2. The van der Waals surface area contributed by atoms with Crippen molar-refractivity contribution in [1.29, 1.82) is 0 Å². The molecular weight excluding hydrogens is 723 g/mol. The molecule has 4 fully saturated rings. The summed E-state index contributed by atoms with van der Waals surface area (Å²) in [5.41, 5.74) is 11.1. The van der Waals surface area contributed by atoms with E-state index in [2.05, 4.69) is 63.8 Å². The van der Waals surface area contributed by atoms with E-state index in [0.29, 0.717) is 38.5 Å². The number of hydrogen-bond acceptors (Lipinski definition) is 7. The number of nitrogens with zero attached hydrogens (tertiary/aromatic N) is 4. The highest BCUT2D eigenvalue weighted by molar-refractivity contribution is 5.87. The van der Waals surface area contributed by atoms with E-state index >= 15 is 0 Å². The van der Waals surface area contributed by atoms with Crippen LogP contribution >= 0.6 is 0 Å². The molecule has 5 aliphatic rings. The second kappa shape index (κ2) is 14.4. The molecule has 3 aliphatic heterocycles. The van der Waals surface area contributed by atoms with E-state index in [-0.39, 0.29) is 30.0 Å². The number of aromatic nitrogens is 4. The largest absolute Gasteiger partial charge is 0.465 e. The van der Waals surface area contributed by atoms with Gasteiger partial charge in [0.1, 0.15) is 17.7 Å². The molecule has 294 valence electrons. The zero-order valence-electron chi connectivity index (χ0n) is 32.0. The Bertz CT molecular complexity index is 2380. The van der Waals surface area contributed by atoms with E-state index < -0.39 is 18.2 Å². The van der Waals surface area contributed by atoms with Crippen molar-refractivity contribution in [1.82, 2.24) is 35.1 Å². The van der Waals surface area contributed by atoms with Crippen LogP contribution in [-0.2, 0) is 27.1 Å². The molecule has 5 aromatic rings. The normalized spacial score (nSPS) is 23.4. The first-order valence-electron chi connectivity index (χ1n) is 20.4. The fourth-order valence-electron chi connectivity index (χ4n) is 10.5. The Balaban J connectivity index is 0.862. The zero-order chi connectivity index (χ0) is 38.8. The Labute approximate surface area is 330 Å². The number of amides is 3. The highest BCUT2D eigenvalue weighted by Gasteiger charge is 2.50. The number of likely N-dealkylation sites (tertiary alicyclic amines) is 2. The van der Waals surface area contributed by atoms with Gasteiger partial charge in [-0.15, -0.1) is 0 Å². The standard InChI is InChI=1S/C44H47N7O6/c1-56-43(53)49-38(24-14-17-57-18-15-24)42(52)50-16-2-3-37(50)40-45-23-36(48-40)29-8-12-33-28(20-29)5-4-27-19-25(7-11-32(27)33)26-9-13-34-35(22-26)47-41(46-34)39-30-6-10-31(21-30)51(39)44(54)55/h7-9,11-13,19-20,22-24,30-31,37-39H,2-6,10,14-18,21H2,1H3,(H,45,48)(H,46,47)(H,49,53)(H,54,55)/t30?,31?,37-,38-,39-/m0/s1. The summed E-state index contributed by atoms with van der Waals surface area (Å²) in [5.74, 6) is 1.72. The lowest BCUT2D eigenvalue weighted by molar-refractivity contribution is -0.136. The number of alkyl carbamates (subject to hydrolysis) is 1. The van der Waals surface area contributed by atoms with Crippen LogP contribution in [0.5, 0.6) is 0 Å². The molecule has 2 aromatic heterocycles.